The third-order valence-electron chi connectivity index (χ3n) is 4.31. The number of alkyl halides is 3. The lowest BCUT2D eigenvalue weighted by Gasteiger charge is -2.26. The fourth-order valence-electron chi connectivity index (χ4n) is 2.31. The van der Waals surface area contributed by atoms with Crippen LogP contribution >= 0.6 is 23.7 Å². The first-order chi connectivity index (χ1) is 11.1. The summed E-state index contributed by atoms with van der Waals surface area (Å²) in [6.45, 7) is 5.91. The molecule has 3 N–H and O–H groups in total. The van der Waals surface area contributed by atoms with E-state index in [0.717, 1.165) is 17.4 Å². The van der Waals surface area contributed by atoms with Crippen LogP contribution in [0.4, 0.5) is 13.2 Å². The second-order valence-electron chi connectivity index (χ2n) is 5.86. The van der Waals surface area contributed by atoms with E-state index in [4.69, 9.17) is 5.73 Å². The number of aromatic nitrogens is 1. The van der Waals surface area contributed by atoms with Crippen LogP contribution < -0.4 is 11.1 Å². The predicted octanol–water partition coefficient (Wildman–Crippen LogP) is 4.29. The van der Waals surface area contributed by atoms with Crippen molar-refractivity contribution in [1.29, 1.82) is 0 Å². The molecule has 0 bridgehead atoms. The van der Waals surface area contributed by atoms with Gasteiger partial charge in [0.15, 0.2) is 0 Å². The van der Waals surface area contributed by atoms with Crippen molar-refractivity contribution in [3.05, 3.63) is 28.3 Å². The Morgan fingerprint density at radius 2 is 1.88 bits per heavy atom. The number of fused-ring (bicyclic) bond motifs is 1. The molecule has 0 atom stereocenters. The van der Waals surface area contributed by atoms with Gasteiger partial charge >= 0.3 is 6.18 Å². The second kappa shape index (κ2) is 7.88. The molecule has 1 amide bonds. The molecular formula is C16H21ClF3N3OS. The topological polar surface area (TPSA) is 68.0 Å². The number of hydrogen-bond acceptors (Lipinski definition) is 4. The first-order valence-corrected chi connectivity index (χ1v) is 8.47. The van der Waals surface area contributed by atoms with Crippen molar-refractivity contribution in [1.82, 2.24) is 10.3 Å². The van der Waals surface area contributed by atoms with Crippen LogP contribution in [0.25, 0.3) is 10.2 Å². The van der Waals surface area contributed by atoms with Crippen LogP contribution in [0.5, 0.6) is 0 Å². The van der Waals surface area contributed by atoms with Crippen LogP contribution in [-0.2, 0) is 6.18 Å². The van der Waals surface area contributed by atoms with Gasteiger partial charge in [0.1, 0.15) is 10.5 Å². The molecular weight excluding hydrogens is 375 g/mol. The monoisotopic (exact) mass is 395 g/mol. The van der Waals surface area contributed by atoms with Gasteiger partial charge in [0.2, 0.25) is 0 Å². The first-order valence-electron chi connectivity index (χ1n) is 7.65. The molecule has 2 heterocycles. The summed E-state index contributed by atoms with van der Waals surface area (Å²) in [4.78, 5) is 16.6. The number of rotatable bonds is 5. The van der Waals surface area contributed by atoms with Gasteiger partial charge in [0.05, 0.1) is 4.88 Å². The number of halogens is 4. The summed E-state index contributed by atoms with van der Waals surface area (Å²) < 4.78 is 38.3. The highest BCUT2D eigenvalue weighted by Gasteiger charge is 2.33. The van der Waals surface area contributed by atoms with E-state index in [0.29, 0.717) is 35.2 Å². The number of carbonyl (C=O) groups excluding carboxylic acids is 1. The number of nitrogens with zero attached hydrogens (tertiary/aromatic N) is 1. The maximum atomic E-state index is 12.8. The zero-order valence-corrected chi connectivity index (χ0v) is 15.8. The van der Waals surface area contributed by atoms with Crippen molar-refractivity contribution in [2.24, 2.45) is 5.73 Å². The molecule has 4 nitrogen and oxygen atoms in total. The smallest absolute Gasteiger partial charge is 0.349 e. The third kappa shape index (κ3) is 4.62. The van der Waals surface area contributed by atoms with Gasteiger partial charge in [-0.3, -0.25) is 4.79 Å². The van der Waals surface area contributed by atoms with E-state index in [1.807, 2.05) is 13.8 Å². The van der Waals surface area contributed by atoms with Gasteiger partial charge in [-0.2, -0.15) is 13.2 Å². The molecule has 140 valence electrons. The standard InChI is InChI=1S/C16H20F3N3OS.ClH/c1-4-15(20,5-2)8-21-13(23)12-9(3)10-6-7-11(16(17,18)19)22-14(10)24-12;/h6-7H,4-5,8,20H2,1-3H3,(H,21,23);1H. The second-order valence-corrected chi connectivity index (χ2v) is 6.85. The largest absolute Gasteiger partial charge is 0.433 e. The fraction of sp³-hybridized carbons (Fsp3) is 0.500. The summed E-state index contributed by atoms with van der Waals surface area (Å²) in [7, 11) is 0. The van der Waals surface area contributed by atoms with Gasteiger partial charge in [-0.15, -0.1) is 23.7 Å². The van der Waals surface area contributed by atoms with Crippen LogP contribution in [-0.4, -0.2) is 23.0 Å². The summed E-state index contributed by atoms with van der Waals surface area (Å²) in [6, 6.07) is 2.29. The molecule has 0 aliphatic carbocycles. The Kier molecular flexibility index (Phi) is 6.83. The van der Waals surface area contributed by atoms with Crippen molar-refractivity contribution < 1.29 is 18.0 Å². The van der Waals surface area contributed by atoms with Crippen molar-refractivity contribution in [3.63, 3.8) is 0 Å². The van der Waals surface area contributed by atoms with Crippen molar-refractivity contribution in [3.8, 4) is 0 Å². The molecule has 0 spiro atoms. The van der Waals surface area contributed by atoms with Crippen LogP contribution in [0.1, 0.15) is 47.6 Å². The molecule has 2 aromatic heterocycles. The number of pyridine rings is 1. The number of carbonyl (C=O) groups is 1. The van der Waals surface area contributed by atoms with Gasteiger partial charge < -0.3 is 11.1 Å². The highest BCUT2D eigenvalue weighted by molar-refractivity contribution is 7.20. The average Bonchev–Trinajstić information content (AvgIpc) is 2.88. The molecule has 0 aliphatic rings. The zero-order chi connectivity index (χ0) is 18.1. The number of hydrogen-bond donors (Lipinski definition) is 2. The van der Waals surface area contributed by atoms with E-state index in [-0.39, 0.29) is 23.1 Å². The third-order valence-corrected chi connectivity index (χ3v) is 5.51. The van der Waals surface area contributed by atoms with E-state index in [1.165, 1.54) is 6.07 Å². The van der Waals surface area contributed by atoms with Crippen molar-refractivity contribution >= 4 is 39.9 Å². The van der Waals surface area contributed by atoms with Crippen LogP contribution in [0.3, 0.4) is 0 Å². The fourth-order valence-corrected chi connectivity index (χ4v) is 3.41. The quantitative estimate of drug-likeness (QED) is 0.793. The van der Waals surface area contributed by atoms with Crippen molar-refractivity contribution in [2.75, 3.05) is 6.54 Å². The minimum atomic E-state index is -4.50. The summed E-state index contributed by atoms with van der Waals surface area (Å²) in [6.07, 6.45) is -3.08. The Hall–Kier alpha value is -1.38. The molecule has 0 aliphatic heterocycles. The van der Waals surface area contributed by atoms with Gasteiger partial charge in [-0.25, -0.2) is 4.98 Å². The summed E-state index contributed by atoms with van der Waals surface area (Å²) in [5.74, 6) is -0.333. The van der Waals surface area contributed by atoms with E-state index >= 15 is 0 Å². The molecule has 0 saturated carbocycles. The molecule has 0 aromatic carbocycles. The van der Waals surface area contributed by atoms with Crippen LogP contribution in [0.2, 0.25) is 0 Å². The molecule has 0 unspecified atom stereocenters. The highest BCUT2D eigenvalue weighted by Crippen LogP contribution is 2.34. The lowest BCUT2D eigenvalue weighted by atomic mass is 9.94. The summed E-state index contributed by atoms with van der Waals surface area (Å²) >= 11 is 0.964. The van der Waals surface area contributed by atoms with E-state index in [2.05, 4.69) is 10.3 Å². The Morgan fingerprint density at radius 3 is 2.40 bits per heavy atom. The Morgan fingerprint density at radius 1 is 1.28 bits per heavy atom. The zero-order valence-electron chi connectivity index (χ0n) is 14.2. The Labute approximate surface area is 154 Å². The molecule has 2 rings (SSSR count). The summed E-state index contributed by atoms with van der Waals surface area (Å²) in [5, 5.41) is 3.34. The van der Waals surface area contributed by atoms with Crippen LogP contribution in [0.15, 0.2) is 12.1 Å². The lowest BCUT2D eigenvalue weighted by Crippen LogP contribution is -2.49. The number of nitrogens with one attached hydrogen (secondary N) is 1. The highest BCUT2D eigenvalue weighted by atomic mass is 35.5. The number of thiophene rings is 1. The maximum absolute atomic E-state index is 12.8. The van der Waals surface area contributed by atoms with Gasteiger partial charge in [-0.1, -0.05) is 13.8 Å². The maximum Gasteiger partial charge on any atom is 0.433 e. The minimum absolute atomic E-state index is 0. The first kappa shape index (κ1) is 21.7. The van der Waals surface area contributed by atoms with Gasteiger partial charge in [0.25, 0.3) is 5.91 Å². The van der Waals surface area contributed by atoms with E-state index in [9.17, 15) is 18.0 Å². The molecule has 25 heavy (non-hydrogen) atoms. The predicted molar refractivity (Wildman–Crippen MR) is 96.4 cm³/mol. The number of nitrogens with two attached hydrogens (primary N) is 1. The Bertz CT molecular complexity index is 757. The van der Waals surface area contributed by atoms with Gasteiger partial charge in [-0.05, 0) is 37.5 Å². The molecule has 0 saturated heterocycles. The van der Waals surface area contributed by atoms with Gasteiger partial charge in [0, 0.05) is 17.5 Å². The van der Waals surface area contributed by atoms with Crippen LogP contribution in [0, 0.1) is 6.92 Å². The summed E-state index contributed by atoms with van der Waals surface area (Å²) in [5.41, 5.74) is 5.34. The lowest BCUT2D eigenvalue weighted by molar-refractivity contribution is -0.140. The van der Waals surface area contributed by atoms with Crippen molar-refractivity contribution in [2.45, 2.75) is 45.3 Å². The molecule has 0 radical (unpaired) electrons. The normalized spacial score (nSPS) is 12.1. The Balaban J connectivity index is 0.00000312. The number of aryl methyl sites for hydroxylation is 1. The van der Waals surface area contributed by atoms with E-state index in [1.54, 1.807) is 6.92 Å². The SMILES string of the molecule is CCC(N)(CC)CNC(=O)c1sc2nc(C(F)(F)F)ccc2c1C.Cl. The molecule has 9 heteroatoms. The number of amides is 1. The average molecular weight is 396 g/mol. The van der Waals surface area contributed by atoms with E-state index < -0.39 is 17.4 Å². The molecule has 0 fully saturated rings. The molecule has 2 aromatic rings. The minimum Gasteiger partial charge on any atom is -0.349 e.